The summed E-state index contributed by atoms with van der Waals surface area (Å²) < 4.78 is 5.75. The summed E-state index contributed by atoms with van der Waals surface area (Å²) in [5.41, 5.74) is 20.3. The maximum absolute atomic E-state index is 8.78. The molecule has 6 rings (SSSR count). The zero-order valence-corrected chi connectivity index (χ0v) is 30.7. The number of anilines is 2. The van der Waals surface area contributed by atoms with E-state index in [0.29, 0.717) is 33.9 Å². The zero-order valence-electron chi connectivity index (χ0n) is 29.1. The Morgan fingerprint density at radius 2 is 1.33 bits per heavy atom. The highest BCUT2D eigenvalue weighted by Gasteiger charge is 2.25. The summed E-state index contributed by atoms with van der Waals surface area (Å²) in [6.45, 7) is 11.3. The van der Waals surface area contributed by atoms with Crippen molar-refractivity contribution in [2.45, 2.75) is 73.1 Å². The van der Waals surface area contributed by atoms with E-state index < -0.39 is 7.12 Å². The first kappa shape index (κ1) is 37.6. The van der Waals surface area contributed by atoms with E-state index >= 15 is 0 Å². The molecule has 0 bridgehead atoms. The normalized spacial score (nSPS) is 16.1. The average Bonchev–Trinajstić information content (AvgIpc) is 3.07. The summed E-state index contributed by atoms with van der Waals surface area (Å²) in [5, 5.41) is 17.6. The molecule has 13 heteroatoms. The first-order valence-electron chi connectivity index (χ1n) is 16.2. The van der Waals surface area contributed by atoms with Crippen molar-refractivity contribution in [3.63, 3.8) is 0 Å². The van der Waals surface area contributed by atoms with Crippen molar-refractivity contribution in [1.82, 2.24) is 29.9 Å². The van der Waals surface area contributed by atoms with Crippen LogP contribution in [0, 0.1) is 17.8 Å². The van der Waals surface area contributed by atoms with E-state index in [-0.39, 0.29) is 0 Å². The SMILES string of the molecule is CC1(C)CC=C(c2nc(N)ncc2Br)CC1.COc1cnccc1B(O)O.Cc1cnccc1-c1cnc(N)nc1C1=CCC(C)(C)CC1. The molecule has 0 spiro atoms. The van der Waals surface area contributed by atoms with Crippen LogP contribution in [0.1, 0.15) is 83.2 Å². The summed E-state index contributed by atoms with van der Waals surface area (Å²) in [5.74, 6) is 1.04. The molecule has 0 saturated heterocycles. The second-order valence-corrected chi connectivity index (χ2v) is 14.6. The average molecular weight is 730 g/mol. The van der Waals surface area contributed by atoms with Crippen LogP contribution < -0.4 is 21.7 Å². The maximum Gasteiger partial charge on any atom is 0.492 e. The lowest BCUT2D eigenvalue weighted by atomic mass is 9.77. The van der Waals surface area contributed by atoms with Gasteiger partial charge in [-0.3, -0.25) is 9.97 Å². The maximum atomic E-state index is 8.78. The molecule has 6 N–H and O–H groups in total. The van der Waals surface area contributed by atoms with Crippen molar-refractivity contribution in [3.05, 3.63) is 82.9 Å². The van der Waals surface area contributed by atoms with E-state index in [1.807, 2.05) is 18.5 Å². The third-order valence-electron chi connectivity index (χ3n) is 8.75. The van der Waals surface area contributed by atoms with Gasteiger partial charge in [0.25, 0.3) is 0 Å². The van der Waals surface area contributed by atoms with E-state index in [0.717, 1.165) is 64.7 Å². The molecule has 0 radical (unpaired) electrons. The summed E-state index contributed by atoms with van der Waals surface area (Å²) in [6, 6.07) is 3.50. The molecule has 49 heavy (non-hydrogen) atoms. The van der Waals surface area contributed by atoms with Crippen LogP contribution in [0.3, 0.4) is 0 Å². The Hall–Kier alpha value is -4.20. The molecule has 2 aliphatic rings. The van der Waals surface area contributed by atoms with Crippen LogP contribution in [-0.2, 0) is 0 Å². The van der Waals surface area contributed by atoms with Gasteiger partial charge in [0.1, 0.15) is 5.75 Å². The van der Waals surface area contributed by atoms with E-state index in [9.17, 15) is 0 Å². The number of ether oxygens (including phenoxy) is 1. The minimum atomic E-state index is -1.51. The minimum Gasteiger partial charge on any atom is -0.496 e. The molecule has 258 valence electrons. The smallest absolute Gasteiger partial charge is 0.492 e. The Balaban J connectivity index is 0.000000176. The van der Waals surface area contributed by atoms with Crippen LogP contribution in [-0.4, -0.2) is 54.2 Å². The molecular weight excluding hydrogens is 683 g/mol. The third kappa shape index (κ3) is 10.4. The van der Waals surface area contributed by atoms with Gasteiger partial charge in [0, 0.05) is 42.0 Å². The standard InChI is InChI=1S/C18H22N4.C12H16BrN3.C6H8BNO3/c1-12-10-20-9-6-14(12)15-11-21-17(19)22-16(15)13-4-7-18(2,3)8-5-13;1-12(2)5-3-8(4-6-12)10-9(13)7-15-11(14)16-10;1-11-6-4-8-3-2-5(6)7(9)10/h4,6,9-11H,5,7-8H2,1-3H3,(H2,19,21,22);3,7H,4-6H2,1-2H3,(H2,14,15,16);2-4,9-10H,1H3. The van der Waals surface area contributed by atoms with Gasteiger partial charge in [0.15, 0.2) is 0 Å². The molecule has 0 aromatic carbocycles. The van der Waals surface area contributed by atoms with Crippen LogP contribution in [0.15, 0.2) is 65.9 Å². The van der Waals surface area contributed by atoms with Crippen LogP contribution in [0.5, 0.6) is 5.75 Å². The minimum absolute atomic E-state index is 0.322. The number of methoxy groups -OCH3 is 1. The van der Waals surface area contributed by atoms with Crippen molar-refractivity contribution in [1.29, 1.82) is 0 Å². The van der Waals surface area contributed by atoms with Crippen LogP contribution in [0.2, 0.25) is 0 Å². The highest BCUT2D eigenvalue weighted by atomic mass is 79.9. The molecule has 0 aliphatic heterocycles. The largest absolute Gasteiger partial charge is 0.496 e. The van der Waals surface area contributed by atoms with Gasteiger partial charge in [-0.15, -0.1) is 0 Å². The Kier molecular flexibility index (Phi) is 12.6. The van der Waals surface area contributed by atoms with Crippen LogP contribution in [0.25, 0.3) is 22.3 Å². The van der Waals surface area contributed by atoms with Crippen LogP contribution in [0.4, 0.5) is 11.9 Å². The number of hydrogen-bond donors (Lipinski definition) is 4. The molecule has 4 aromatic rings. The number of allylic oxidation sites excluding steroid dienone is 4. The molecule has 2 aliphatic carbocycles. The Labute approximate surface area is 297 Å². The summed E-state index contributed by atoms with van der Waals surface area (Å²) in [4.78, 5) is 24.9. The lowest BCUT2D eigenvalue weighted by Gasteiger charge is -2.29. The van der Waals surface area contributed by atoms with Gasteiger partial charge in [-0.2, -0.15) is 0 Å². The molecule has 4 aromatic heterocycles. The quantitative estimate of drug-likeness (QED) is 0.172. The van der Waals surface area contributed by atoms with Crippen molar-refractivity contribution >= 4 is 51.6 Å². The Morgan fingerprint density at radius 1 is 0.776 bits per heavy atom. The third-order valence-corrected chi connectivity index (χ3v) is 9.33. The Morgan fingerprint density at radius 3 is 1.86 bits per heavy atom. The monoisotopic (exact) mass is 728 g/mol. The summed E-state index contributed by atoms with van der Waals surface area (Å²) >= 11 is 3.47. The second kappa shape index (κ2) is 16.5. The lowest BCUT2D eigenvalue weighted by Crippen LogP contribution is -2.31. The fraction of sp³-hybridized carbons (Fsp3) is 0.389. The molecule has 11 nitrogen and oxygen atoms in total. The first-order chi connectivity index (χ1) is 23.2. The van der Waals surface area contributed by atoms with Gasteiger partial charge in [0.05, 0.1) is 29.2 Å². The molecule has 0 saturated carbocycles. The predicted molar refractivity (Wildman–Crippen MR) is 200 cm³/mol. The molecule has 0 unspecified atom stereocenters. The van der Waals surface area contributed by atoms with Crippen molar-refractivity contribution in [2.24, 2.45) is 10.8 Å². The topological polar surface area (TPSA) is 179 Å². The number of nitrogens with zero attached hydrogens (tertiary/aromatic N) is 6. The summed E-state index contributed by atoms with van der Waals surface area (Å²) in [6.07, 6.45) is 21.3. The van der Waals surface area contributed by atoms with E-state index in [2.05, 4.69) is 92.6 Å². The predicted octanol–water partition coefficient (Wildman–Crippen LogP) is 6.21. The summed E-state index contributed by atoms with van der Waals surface area (Å²) in [7, 11) is -0.0592. The van der Waals surface area contributed by atoms with Crippen molar-refractivity contribution in [3.8, 4) is 16.9 Å². The molecule has 0 amide bonds. The van der Waals surface area contributed by atoms with Gasteiger partial charge in [-0.25, -0.2) is 19.9 Å². The number of pyridine rings is 2. The molecule has 0 fully saturated rings. The van der Waals surface area contributed by atoms with Gasteiger partial charge in [0.2, 0.25) is 11.9 Å². The molecular formula is C36H46BBrN8O3. The highest BCUT2D eigenvalue weighted by Crippen LogP contribution is 2.41. The number of hydrogen-bond acceptors (Lipinski definition) is 11. The Bertz CT molecular complexity index is 1810. The van der Waals surface area contributed by atoms with Crippen LogP contribution >= 0.6 is 15.9 Å². The van der Waals surface area contributed by atoms with Gasteiger partial charge in [-0.05, 0) is 107 Å². The number of halogens is 1. The van der Waals surface area contributed by atoms with E-state index in [1.165, 1.54) is 43.1 Å². The fourth-order valence-corrected chi connectivity index (χ4v) is 6.02. The van der Waals surface area contributed by atoms with Gasteiger partial charge >= 0.3 is 7.12 Å². The second-order valence-electron chi connectivity index (χ2n) is 13.8. The van der Waals surface area contributed by atoms with Crippen molar-refractivity contribution in [2.75, 3.05) is 18.6 Å². The molecule has 0 atom stereocenters. The lowest BCUT2D eigenvalue weighted by molar-refractivity contribution is 0.334. The molecule has 4 heterocycles. The van der Waals surface area contributed by atoms with Gasteiger partial charge < -0.3 is 26.3 Å². The number of nitrogen functional groups attached to an aromatic ring is 2. The zero-order chi connectivity index (χ0) is 35.8. The number of aryl methyl sites for hydroxylation is 1. The number of rotatable bonds is 5. The van der Waals surface area contributed by atoms with E-state index in [1.54, 1.807) is 12.4 Å². The number of nitrogens with two attached hydrogens (primary N) is 2. The van der Waals surface area contributed by atoms with Gasteiger partial charge in [-0.1, -0.05) is 39.8 Å². The van der Waals surface area contributed by atoms with E-state index in [4.69, 9.17) is 26.3 Å². The first-order valence-corrected chi connectivity index (χ1v) is 17.0. The highest BCUT2D eigenvalue weighted by molar-refractivity contribution is 9.10. The number of aromatic nitrogens is 6. The van der Waals surface area contributed by atoms with Crippen molar-refractivity contribution < 1.29 is 14.8 Å². The fourth-order valence-electron chi connectivity index (χ4n) is 5.58.